The lowest BCUT2D eigenvalue weighted by Crippen LogP contribution is -1.90. The number of hydrogen-bond donors (Lipinski definition) is 1. The van der Waals surface area contributed by atoms with Crippen molar-refractivity contribution in [3.05, 3.63) is 40.4 Å². The fraction of sp³-hybridized carbons (Fsp3) is 0.167. The second-order valence-electron chi connectivity index (χ2n) is 3.57. The summed E-state index contributed by atoms with van der Waals surface area (Å²) in [6, 6.07) is 7.32. The minimum Gasteiger partial charge on any atom is -0.477 e. The molecule has 0 spiro atoms. The standard InChI is InChI=1S/C12H11NO2S/c1-7-3-4-9(13-8(7)2)10-5-6-11(16-10)12(14)15/h3-6H,1-2H3,(H,14,15). The van der Waals surface area contributed by atoms with Crippen LogP contribution in [0.5, 0.6) is 0 Å². The molecule has 16 heavy (non-hydrogen) atoms. The van der Waals surface area contributed by atoms with Gasteiger partial charge >= 0.3 is 5.97 Å². The van der Waals surface area contributed by atoms with E-state index in [2.05, 4.69) is 4.98 Å². The van der Waals surface area contributed by atoms with Crippen molar-refractivity contribution in [1.82, 2.24) is 4.98 Å². The van der Waals surface area contributed by atoms with Crippen molar-refractivity contribution in [3.8, 4) is 10.6 Å². The first-order valence-corrected chi connectivity index (χ1v) is 5.67. The van der Waals surface area contributed by atoms with E-state index in [-0.39, 0.29) is 0 Å². The van der Waals surface area contributed by atoms with Gasteiger partial charge in [-0.2, -0.15) is 0 Å². The molecule has 4 heteroatoms. The van der Waals surface area contributed by atoms with Crippen LogP contribution in [0.2, 0.25) is 0 Å². The molecule has 0 aromatic carbocycles. The average molecular weight is 233 g/mol. The monoisotopic (exact) mass is 233 g/mol. The zero-order valence-electron chi connectivity index (χ0n) is 9.02. The van der Waals surface area contributed by atoms with Crippen LogP contribution >= 0.6 is 11.3 Å². The average Bonchev–Trinajstić information content (AvgIpc) is 2.71. The van der Waals surface area contributed by atoms with Crippen molar-refractivity contribution in [3.63, 3.8) is 0 Å². The van der Waals surface area contributed by atoms with Crippen LogP contribution in [0, 0.1) is 13.8 Å². The van der Waals surface area contributed by atoms with Gasteiger partial charge in [0.05, 0.1) is 10.6 Å². The van der Waals surface area contributed by atoms with Crippen LogP contribution < -0.4 is 0 Å². The van der Waals surface area contributed by atoms with Gasteiger partial charge in [0.15, 0.2) is 0 Å². The van der Waals surface area contributed by atoms with Crippen LogP contribution in [-0.4, -0.2) is 16.1 Å². The molecule has 0 saturated carbocycles. The molecule has 1 N–H and O–H groups in total. The van der Waals surface area contributed by atoms with Crippen molar-refractivity contribution >= 4 is 17.3 Å². The van der Waals surface area contributed by atoms with Gasteiger partial charge in [-0.25, -0.2) is 4.79 Å². The van der Waals surface area contributed by atoms with E-state index in [1.54, 1.807) is 12.1 Å². The molecule has 0 unspecified atom stereocenters. The van der Waals surface area contributed by atoms with Crippen LogP contribution in [0.25, 0.3) is 10.6 Å². The Balaban J connectivity index is 2.42. The third-order valence-corrected chi connectivity index (χ3v) is 3.52. The summed E-state index contributed by atoms with van der Waals surface area (Å²) in [4.78, 5) is 16.4. The molecular weight excluding hydrogens is 222 g/mol. The molecule has 82 valence electrons. The Kier molecular flexibility index (Phi) is 2.75. The van der Waals surface area contributed by atoms with E-state index in [0.29, 0.717) is 4.88 Å². The van der Waals surface area contributed by atoms with Gasteiger partial charge in [-0.15, -0.1) is 11.3 Å². The number of carboxylic acids is 1. The lowest BCUT2D eigenvalue weighted by atomic mass is 10.2. The van der Waals surface area contributed by atoms with E-state index in [0.717, 1.165) is 21.8 Å². The molecule has 2 aromatic rings. The third kappa shape index (κ3) is 1.97. The predicted octanol–water partition coefficient (Wildman–Crippen LogP) is 3.13. The SMILES string of the molecule is Cc1ccc(-c2ccc(C(=O)O)s2)nc1C. The van der Waals surface area contributed by atoms with Gasteiger partial charge in [-0.3, -0.25) is 4.98 Å². The highest BCUT2D eigenvalue weighted by Crippen LogP contribution is 2.27. The van der Waals surface area contributed by atoms with E-state index in [1.165, 1.54) is 11.3 Å². The number of aromatic nitrogens is 1. The molecular formula is C12H11NO2S. The Hall–Kier alpha value is -1.68. The normalized spacial score (nSPS) is 10.4. The fourth-order valence-corrected chi connectivity index (χ4v) is 2.17. The summed E-state index contributed by atoms with van der Waals surface area (Å²) < 4.78 is 0. The number of carbonyl (C=O) groups is 1. The number of thiophene rings is 1. The summed E-state index contributed by atoms with van der Waals surface area (Å²) >= 11 is 1.25. The Morgan fingerprint density at radius 2 is 2.00 bits per heavy atom. The molecule has 3 nitrogen and oxygen atoms in total. The maximum absolute atomic E-state index is 10.8. The van der Waals surface area contributed by atoms with E-state index in [4.69, 9.17) is 5.11 Å². The lowest BCUT2D eigenvalue weighted by Gasteiger charge is -2.01. The van der Waals surface area contributed by atoms with Gasteiger partial charge in [0.25, 0.3) is 0 Å². The Morgan fingerprint density at radius 1 is 1.25 bits per heavy atom. The second kappa shape index (κ2) is 4.06. The minimum absolute atomic E-state index is 0.343. The molecule has 0 aliphatic heterocycles. The van der Waals surface area contributed by atoms with Gasteiger partial charge in [-0.05, 0) is 37.6 Å². The first-order chi connectivity index (χ1) is 7.58. The number of hydrogen-bond acceptors (Lipinski definition) is 3. The van der Waals surface area contributed by atoms with Crippen LogP contribution in [0.1, 0.15) is 20.9 Å². The third-order valence-electron chi connectivity index (χ3n) is 2.42. The predicted molar refractivity (Wildman–Crippen MR) is 64.0 cm³/mol. The number of carboxylic acid groups (broad SMARTS) is 1. The summed E-state index contributed by atoms with van der Waals surface area (Å²) in [7, 11) is 0. The molecule has 0 fully saturated rings. The zero-order valence-corrected chi connectivity index (χ0v) is 9.84. The van der Waals surface area contributed by atoms with Crippen molar-refractivity contribution in [1.29, 1.82) is 0 Å². The number of aromatic carboxylic acids is 1. The topological polar surface area (TPSA) is 50.2 Å². The number of nitrogens with zero attached hydrogens (tertiary/aromatic N) is 1. The summed E-state index contributed by atoms with van der Waals surface area (Å²) in [6.07, 6.45) is 0. The molecule has 0 bridgehead atoms. The Labute approximate surface area is 97.4 Å². The van der Waals surface area contributed by atoms with E-state index >= 15 is 0 Å². The first kappa shape index (κ1) is 10.8. The molecule has 2 aromatic heterocycles. The maximum Gasteiger partial charge on any atom is 0.345 e. The summed E-state index contributed by atoms with van der Waals surface area (Å²) in [5.74, 6) is -0.889. The van der Waals surface area contributed by atoms with Gasteiger partial charge < -0.3 is 5.11 Å². The highest BCUT2D eigenvalue weighted by molar-refractivity contribution is 7.17. The van der Waals surface area contributed by atoms with Crippen LogP contribution in [0.15, 0.2) is 24.3 Å². The van der Waals surface area contributed by atoms with Crippen LogP contribution in [0.3, 0.4) is 0 Å². The Morgan fingerprint density at radius 3 is 2.56 bits per heavy atom. The van der Waals surface area contributed by atoms with Gasteiger partial charge in [0, 0.05) is 5.69 Å². The molecule has 0 aliphatic carbocycles. The van der Waals surface area contributed by atoms with Crippen LogP contribution in [-0.2, 0) is 0 Å². The van der Waals surface area contributed by atoms with Crippen LogP contribution in [0.4, 0.5) is 0 Å². The molecule has 0 atom stereocenters. The molecule has 0 amide bonds. The second-order valence-corrected chi connectivity index (χ2v) is 4.65. The zero-order chi connectivity index (χ0) is 11.7. The highest BCUT2D eigenvalue weighted by atomic mass is 32.1. The fourth-order valence-electron chi connectivity index (χ4n) is 1.36. The lowest BCUT2D eigenvalue weighted by molar-refractivity contribution is 0.0702. The smallest absolute Gasteiger partial charge is 0.345 e. The van der Waals surface area contributed by atoms with E-state index < -0.39 is 5.97 Å². The van der Waals surface area contributed by atoms with Gasteiger partial charge in [0.2, 0.25) is 0 Å². The molecule has 0 radical (unpaired) electrons. The first-order valence-electron chi connectivity index (χ1n) is 4.85. The number of pyridine rings is 1. The summed E-state index contributed by atoms with van der Waals surface area (Å²) in [5, 5.41) is 8.83. The molecule has 0 saturated heterocycles. The molecule has 0 aliphatic rings. The van der Waals surface area contributed by atoms with Gasteiger partial charge in [0.1, 0.15) is 4.88 Å². The van der Waals surface area contributed by atoms with Gasteiger partial charge in [-0.1, -0.05) is 6.07 Å². The Bertz CT molecular complexity index is 546. The summed E-state index contributed by atoms with van der Waals surface area (Å²) in [6.45, 7) is 3.95. The van der Waals surface area contributed by atoms with Crippen molar-refractivity contribution < 1.29 is 9.90 Å². The molecule has 2 heterocycles. The van der Waals surface area contributed by atoms with E-state index in [9.17, 15) is 4.79 Å². The van der Waals surface area contributed by atoms with Crippen molar-refractivity contribution in [2.75, 3.05) is 0 Å². The number of rotatable bonds is 2. The minimum atomic E-state index is -0.889. The molecule has 2 rings (SSSR count). The van der Waals surface area contributed by atoms with Crippen molar-refractivity contribution in [2.45, 2.75) is 13.8 Å². The highest BCUT2D eigenvalue weighted by Gasteiger charge is 2.09. The quantitative estimate of drug-likeness (QED) is 0.867. The maximum atomic E-state index is 10.8. The summed E-state index contributed by atoms with van der Waals surface area (Å²) in [5.41, 5.74) is 2.95. The van der Waals surface area contributed by atoms with Crippen molar-refractivity contribution in [2.24, 2.45) is 0 Å². The largest absolute Gasteiger partial charge is 0.477 e. The number of aryl methyl sites for hydroxylation is 2. The van der Waals surface area contributed by atoms with E-state index in [1.807, 2.05) is 26.0 Å².